The summed E-state index contributed by atoms with van der Waals surface area (Å²) < 4.78 is 0. The number of hydrogen-bond acceptors (Lipinski definition) is 3. The number of anilines is 1. The number of pyridine rings is 1. The van der Waals surface area contributed by atoms with Crippen molar-refractivity contribution in [2.24, 2.45) is 5.92 Å². The number of hydrogen-bond donors (Lipinski definition) is 2. The van der Waals surface area contributed by atoms with Crippen LogP contribution >= 0.6 is 0 Å². The Labute approximate surface area is 191 Å². The standard InChI is InChI=1S/C26H33N5O/c1-19(2)15-24-22-10-6-9-21(22)23(16-27)26(29-24)31-13-11-30(12-14-31)18-25(32)28-17-20-7-4-3-5-8-20/h3-5,7-8,19H,6,9-15,17-18H2,1-2H3,(H,28,32)/p+2. The molecule has 1 aliphatic heterocycles. The Balaban J connectivity index is 1.38. The van der Waals surface area contributed by atoms with Crippen LogP contribution in [0.3, 0.4) is 0 Å². The number of quaternary nitrogens is 1. The number of nitriles is 1. The Kier molecular flexibility index (Phi) is 7.06. The smallest absolute Gasteiger partial charge is 0.293 e. The second-order valence-corrected chi connectivity index (χ2v) is 9.52. The highest BCUT2D eigenvalue weighted by atomic mass is 16.2. The van der Waals surface area contributed by atoms with Gasteiger partial charge in [-0.1, -0.05) is 44.2 Å². The molecule has 168 valence electrons. The third-order valence-corrected chi connectivity index (χ3v) is 6.64. The lowest BCUT2D eigenvalue weighted by Gasteiger charge is -2.29. The molecule has 2 aliphatic rings. The van der Waals surface area contributed by atoms with E-state index in [0.29, 0.717) is 19.0 Å². The summed E-state index contributed by atoms with van der Waals surface area (Å²) in [6, 6.07) is 12.5. The van der Waals surface area contributed by atoms with Crippen LogP contribution in [0.2, 0.25) is 0 Å². The molecule has 0 bridgehead atoms. The molecule has 4 rings (SSSR count). The van der Waals surface area contributed by atoms with Crippen molar-refractivity contribution >= 4 is 11.7 Å². The Bertz CT molecular complexity index is 988. The molecule has 0 spiro atoms. The molecule has 2 heterocycles. The minimum atomic E-state index is 0.0957. The Morgan fingerprint density at radius 2 is 1.91 bits per heavy atom. The zero-order valence-corrected chi connectivity index (χ0v) is 19.3. The van der Waals surface area contributed by atoms with Gasteiger partial charge in [-0.05, 0) is 41.9 Å². The number of piperazine rings is 1. The van der Waals surface area contributed by atoms with Crippen LogP contribution in [-0.2, 0) is 30.6 Å². The molecule has 6 heteroatoms. The van der Waals surface area contributed by atoms with Gasteiger partial charge in [-0.2, -0.15) is 5.26 Å². The molecule has 1 fully saturated rings. The highest BCUT2D eigenvalue weighted by molar-refractivity contribution is 5.76. The fourth-order valence-corrected chi connectivity index (χ4v) is 5.03. The van der Waals surface area contributed by atoms with Crippen LogP contribution in [0.4, 0.5) is 5.82 Å². The SMILES string of the molecule is CC(C)Cc1[nH+]c(N2CC[NH+](CC(=O)NCc3ccccc3)CC2)c(C#N)c2c1CCC2. The first-order valence-electron chi connectivity index (χ1n) is 11.9. The van der Waals surface area contributed by atoms with Crippen molar-refractivity contribution in [3.63, 3.8) is 0 Å². The quantitative estimate of drug-likeness (QED) is 0.686. The molecular weight excluding hydrogens is 398 g/mol. The van der Waals surface area contributed by atoms with Gasteiger partial charge in [-0.25, -0.2) is 9.88 Å². The molecule has 6 nitrogen and oxygen atoms in total. The van der Waals surface area contributed by atoms with Crippen LogP contribution in [0, 0.1) is 17.2 Å². The molecule has 1 aromatic carbocycles. The van der Waals surface area contributed by atoms with E-state index >= 15 is 0 Å². The predicted octanol–water partition coefficient (Wildman–Crippen LogP) is 1.08. The predicted molar refractivity (Wildman–Crippen MR) is 124 cm³/mol. The highest BCUT2D eigenvalue weighted by Gasteiger charge is 2.34. The summed E-state index contributed by atoms with van der Waals surface area (Å²) in [7, 11) is 0. The molecule has 1 aromatic heterocycles. The largest absolute Gasteiger partial charge is 0.347 e. The van der Waals surface area contributed by atoms with E-state index in [1.807, 2.05) is 30.3 Å². The fourth-order valence-electron chi connectivity index (χ4n) is 5.03. The van der Waals surface area contributed by atoms with Crippen LogP contribution in [0.25, 0.3) is 0 Å². The summed E-state index contributed by atoms with van der Waals surface area (Å²) in [5, 5.41) is 13.0. The normalized spacial score (nSPS) is 16.1. The zero-order valence-electron chi connectivity index (χ0n) is 19.3. The summed E-state index contributed by atoms with van der Waals surface area (Å²) in [5.41, 5.74) is 5.94. The van der Waals surface area contributed by atoms with Gasteiger partial charge in [0.15, 0.2) is 6.54 Å². The van der Waals surface area contributed by atoms with Crippen LogP contribution < -0.4 is 20.1 Å². The van der Waals surface area contributed by atoms with E-state index in [-0.39, 0.29) is 5.91 Å². The van der Waals surface area contributed by atoms with Gasteiger partial charge < -0.3 is 10.2 Å². The van der Waals surface area contributed by atoms with E-state index in [0.717, 1.165) is 68.8 Å². The van der Waals surface area contributed by atoms with E-state index < -0.39 is 0 Å². The van der Waals surface area contributed by atoms with E-state index in [9.17, 15) is 10.1 Å². The third-order valence-electron chi connectivity index (χ3n) is 6.64. The Morgan fingerprint density at radius 1 is 1.19 bits per heavy atom. The molecule has 0 radical (unpaired) electrons. The van der Waals surface area contributed by atoms with Gasteiger partial charge in [0.05, 0.1) is 0 Å². The molecule has 3 N–H and O–H groups in total. The molecule has 1 aliphatic carbocycles. The molecule has 1 amide bonds. The second kappa shape index (κ2) is 10.1. The number of carbonyl (C=O) groups excluding carboxylic acids is 1. The monoisotopic (exact) mass is 433 g/mol. The summed E-state index contributed by atoms with van der Waals surface area (Å²) >= 11 is 0. The maximum atomic E-state index is 12.4. The molecule has 2 aromatic rings. The van der Waals surface area contributed by atoms with Crippen molar-refractivity contribution < 1.29 is 14.7 Å². The van der Waals surface area contributed by atoms with E-state index in [1.165, 1.54) is 21.7 Å². The van der Waals surface area contributed by atoms with Crippen molar-refractivity contribution in [1.82, 2.24) is 5.32 Å². The summed E-state index contributed by atoms with van der Waals surface area (Å²) in [6.45, 7) is 9.07. The maximum absolute atomic E-state index is 12.4. The zero-order chi connectivity index (χ0) is 22.5. The molecule has 0 saturated carbocycles. The first kappa shape index (κ1) is 22.3. The van der Waals surface area contributed by atoms with E-state index in [4.69, 9.17) is 0 Å². The number of nitrogens with zero attached hydrogens (tertiary/aromatic N) is 2. The van der Waals surface area contributed by atoms with Crippen LogP contribution in [0.1, 0.15) is 48.2 Å². The number of aromatic amines is 1. The summed E-state index contributed by atoms with van der Waals surface area (Å²) in [6.07, 6.45) is 4.26. The van der Waals surface area contributed by atoms with E-state index in [1.54, 1.807) is 0 Å². The number of benzene rings is 1. The third kappa shape index (κ3) is 5.11. The van der Waals surface area contributed by atoms with Crippen molar-refractivity contribution in [1.29, 1.82) is 5.26 Å². The molecule has 32 heavy (non-hydrogen) atoms. The van der Waals surface area contributed by atoms with E-state index in [2.05, 4.69) is 35.1 Å². The number of carbonyl (C=O) groups is 1. The highest BCUT2D eigenvalue weighted by Crippen LogP contribution is 2.31. The summed E-state index contributed by atoms with van der Waals surface area (Å²) in [5.74, 6) is 1.67. The lowest BCUT2D eigenvalue weighted by molar-refractivity contribution is -0.892. The van der Waals surface area contributed by atoms with Gasteiger partial charge in [0, 0.05) is 13.0 Å². The average molecular weight is 434 g/mol. The molecular formula is C26H35N5O+2. The minimum Gasteiger partial charge on any atom is -0.347 e. The minimum absolute atomic E-state index is 0.0957. The van der Waals surface area contributed by atoms with Crippen molar-refractivity contribution in [2.75, 3.05) is 37.6 Å². The van der Waals surface area contributed by atoms with Gasteiger partial charge in [-0.3, -0.25) is 4.79 Å². The number of rotatable bonds is 7. The van der Waals surface area contributed by atoms with Crippen molar-refractivity contribution in [3.05, 3.63) is 58.3 Å². The van der Waals surface area contributed by atoms with Crippen molar-refractivity contribution in [2.45, 2.75) is 46.1 Å². The Morgan fingerprint density at radius 3 is 2.59 bits per heavy atom. The average Bonchev–Trinajstić information content (AvgIpc) is 3.29. The lowest BCUT2D eigenvalue weighted by Crippen LogP contribution is -3.16. The topological polar surface area (TPSA) is 74.7 Å². The van der Waals surface area contributed by atoms with Gasteiger partial charge in [0.1, 0.15) is 43.5 Å². The van der Waals surface area contributed by atoms with Gasteiger partial charge in [0.2, 0.25) is 0 Å². The first-order valence-corrected chi connectivity index (χ1v) is 11.9. The Hall–Kier alpha value is -2.91. The van der Waals surface area contributed by atoms with Gasteiger partial charge in [-0.15, -0.1) is 0 Å². The second-order valence-electron chi connectivity index (χ2n) is 9.52. The number of aromatic nitrogens is 1. The maximum Gasteiger partial charge on any atom is 0.293 e. The number of fused-ring (bicyclic) bond motifs is 1. The molecule has 0 atom stereocenters. The number of nitrogens with one attached hydrogen (secondary N) is 3. The number of H-pyrrole nitrogens is 1. The molecule has 1 saturated heterocycles. The lowest BCUT2D eigenvalue weighted by atomic mass is 9.97. The molecule has 0 unspecified atom stereocenters. The van der Waals surface area contributed by atoms with Crippen LogP contribution in [-0.4, -0.2) is 38.6 Å². The van der Waals surface area contributed by atoms with Gasteiger partial charge >= 0.3 is 0 Å². The number of amides is 1. The fraction of sp³-hybridized carbons (Fsp3) is 0.500. The summed E-state index contributed by atoms with van der Waals surface area (Å²) in [4.78, 5) is 19.7. The first-order chi connectivity index (χ1) is 15.5. The van der Waals surface area contributed by atoms with Crippen molar-refractivity contribution in [3.8, 4) is 6.07 Å². The van der Waals surface area contributed by atoms with Crippen LogP contribution in [0.15, 0.2) is 30.3 Å². The van der Waals surface area contributed by atoms with Crippen LogP contribution in [0.5, 0.6) is 0 Å². The van der Waals surface area contributed by atoms with Gasteiger partial charge in [0.25, 0.3) is 11.7 Å².